The van der Waals surface area contributed by atoms with E-state index in [0.717, 1.165) is 12.8 Å². The lowest BCUT2D eigenvalue weighted by Gasteiger charge is -2.32. The van der Waals surface area contributed by atoms with E-state index in [-0.39, 0.29) is 23.7 Å². The Labute approximate surface area is 175 Å². The highest BCUT2D eigenvalue weighted by Gasteiger charge is 2.30. The second-order valence-electron chi connectivity index (χ2n) is 7.68. The summed E-state index contributed by atoms with van der Waals surface area (Å²) in [6.45, 7) is 13.5. The van der Waals surface area contributed by atoms with Crippen molar-refractivity contribution in [2.45, 2.75) is 51.9 Å². The first-order valence-corrected chi connectivity index (χ1v) is 10.0. The predicted octanol–water partition coefficient (Wildman–Crippen LogP) is 2.80. The molecule has 8 nitrogen and oxygen atoms in total. The van der Waals surface area contributed by atoms with Gasteiger partial charge in [0.25, 0.3) is 11.9 Å². The molecular formula is C22H26N4O4. The van der Waals surface area contributed by atoms with Crippen LogP contribution < -0.4 is 15.2 Å². The van der Waals surface area contributed by atoms with Gasteiger partial charge in [-0.1, -0.05) is 0 Å². The van der Waals surface area contributed by atoms with Crippen LogP contribution in [0.1, 0.15) is 44.0 Å². The van der Waals surface area contributed by atoms with Crippen LogP contribution in [0.5, 0.6) is 11.5 Å². The van der Waals surface area contributed by atoms with Crippen molar-refractivity contribution >= 4 is 22.7 Å². The number of primary amides is 1. The number of carbonyl (C=O) groups excluding carboxylic acids is 2. The van der Waals surface area contributed by atoms with E-state index >= 15 is 0 Å². The summed E-state index contributed by atoms with van der Waals surface area (Å²) in [5, 5.41) is 0.705. The molecule has 2 N–H and O–H groups in total. The van der Waals surface area contributed by atoms with E-state index in [9.17, 15) is 9.59 Å². The van der Waals surface area contributed by atoms with Gasteiger partial charge in [-0.25, -0.2) is 6.57 Å². The standard InChI is InChI=1S/C22H26N4O4/c1-13(2)29-20-11-16-18(10-17(20)21(23)27)25-8-7-19(16)30-15-6-5-9-26(12-15)22(28)14(3)24-4/h7-8,10-11,13-15H,5-6,9,12H2,1-3H3,(H2,23,27)/t14?,15-/m1/s1. The van der Waals surface area contributed by atoms with Crippen molar-refractivity contribution in [2.75, 3.05) is 13.1 Å². The number of aromatic nitrogens is 1. The van der Waals surface area contributed by atoms with E-state index in [4.69, 9.17) is 21.8 Å². The van der Waals surface area contributed by atoms with Gasteiger partial charge >= 0.3 is 5.91 Å². The maximum atomic E-state index is 12.4. The lowest BCUT2D eigenvalue weighted by Crippen LogP contribution is -2.47. The summed E-state index contributed by atoms with van der Waals surface area (Å²) in [5.41, 5.74) is 6.35. The molecule has 0 radical (unpaired) electrons. The van der Waals surface area contributed by atoms with Crippen molar-refractivity contribution in [3.05, 3.63) is 41.4 Å². The number of piperidine rings is 1. The van der Waals surface area contributed by atoms with Gasteiger partial charge in [0, 0.05) is 25.1 Å². The summed E-state index contributed by atoms with van der Waals surface area (Å²) < 4.78 is 12.0. The number of hydrogen-bond acceptors (Lipinski definition) is 5. The van der Waals surface area contributed by atoms with Crippen molar-refractivity contribution in [1.29, 1.82) is 0 Å². The Morgan fingerprint density at radius 1 is 1.30 bits per heavy atom. The van der Waals surface area contributed by atoms with Crippen LogP contribution in [0.3, 0.4) is 0 Å². The van der Waals surface area contributed by atoms with Gasteiger partial charge in [0.15, 0.2) is 0 Å². The first-order chi connectivity index (χ1) is 14.3. The van der Waals surface area contributed by atoms with Crippen LogP contribution in [0.15, 0.2) is 24.4 Å². The summed E-state index contributed by atoms with van der Waals surface area (Å²) in [6, 6.07) is 4.41. The molecule has 1 aromatic heterocycles. The molecule has 0 aliphatic carbocycles. The Kier molecular flexibility index (Phi) is 6.40. The first-order valence-electron chi connectivity index (χ1n) is 10.0. The van der Waals surface area contributed by atoms with Crippen LogP contribution in [0.2, 0.25) is 0 Å². The largest absolute Gasteiger partial charge is 0.490 e. The Morgan fingerprint density at radius 3 is 2.73 bits per heavy atom. The monoisotopic (exact) mass is 410 g/mol. The molecule has 2 heterocycles. The summed E-state index contributed by atoms with van der Waals surface area (Å²) in [6.07, 6.45) is 2.88. The molecule has 1 saturated heterocycles. The van der Waals surface area contributed by atoms with Crippen molar-refractivity contribution < 1.29 is 19.1 Å². The summed E-state index contributed by atoms with van der Waals surface area (Å²) >= 11 is 0. The highest BCUT2D eigenvalue weighted by atomic mass is 16.5. The van der Waals surface area contributed by atoms with Gasteiger partial charge in [0.2, 0.25) is 0 Å². The van der Waals surface area contributed by atoms with Crippen LogP contribution >= 0.6 is 0 Å². The van der Waals surface area contributed by atoms with Gasteiger partial charge in [0.1, 0.15) is 17.6 Å². The molecule has 0 bridgehead atoms. The van der Waals surface area contributed by atoms with Crippen molar-refractivity contribution in [1.82, 2.24) is 9.88 Å². The number of rotatable bonds is 6. The SMILES string of the molecule is [C-]#[N+]C(C)C(=O)N1CCC[C@@H](Oc2ccnc3cc(C(N)=O)c(OC(C)C)cc23)C1. The molecule has 0 spiro atoms. The quantitative estimate of drug-likeness (QED) is 0.739. The summed E-state index contributed by atoms with van der Waals surface area (Å²) in [5.74, 6) is 0.226. The number of nitrogens with two attached hydrogens (primary N) is 1. The molecule has 1 unspecified atom stereocenters. The summed E-state index contributed by atoms with van der Waals surface area (Å²) in [4.78, 5) is 33.6. The Hall–Kier alpha value is -3.34. The molecule has 2 aromatic rings. The minimum Gasteiger partial charge on any atom is -0.490 e. The van der Waals surface area contributed by atoms with Crippen LogP contribution in [0.4, 0.5) is 0 Å². The molecule has 1 aliphatic heterocycles. The molecule has 2 amide bonds. The third-order valence-electron chi connectivity index (χ3n) is 4.97. The first kappa shape index (κ1) is 21.4. The van der Waals surface area contributed by atoms with E-state index in [2.05, 4.69) is 9.83 Å². The van der Waals surface area contributed by atoms with Crippen LogP contribution in [0, 0.1) is 6.57 Å². The highest BCUT2D eigenvalue weighted by molar-refractivity contribution is 6.01. The maximum absolute atomic E-state index is 12.4. The van der Waals surface area contributed by atoms with Crippen molar-refractivity contribution in [3.8, 4) is 11.5 Å². The Morgan fingerprint density at radius 2 is 2.07 bits per heavy atom. The number of carbonyl (C=O) groups is 2. The zero-order valence-electron chi connectivity index (χ0n) is 17.4. The number of amides is 2. The fraction of sp³-hybridized carbons (Fsp3) is 0.455. The molecular weight excluding hydrogens is 384 g/mol. The molecule has 158 valence electrons. The molecule has 0 saturated carbocycles. The molecule has 2 atom stereocenters. The second-order valence-corrected chi connectivity index (χ2v) is 7.68. The van der Waals surface area contributed by atoms with E-state index in [1.54, 1.807) is 36.2 Å². The van der Waals surface area contributed by atoms with E-state index in [1.807, 2.05) is 13.8 Å². The van der Waals surface area contributed by atoms with Gasteiger partial charge in [-0.2, -0.15) is 0 Å². The summed E-state index contributed by atoms with van der Waals surface area (Å²) in [7, 11) is 0. The number of likely N-dealkylation sites (tertiary alicyclic amines) is 1. The third-order valence-corrected chi connectivity index (χ3v) is 4.97. The van der Waals surface area contributed by atoms with E-state index < -0.39 is 11.9 Å². The Bertz CT molecular complexity index is 999. The Balaban J connectivity index is 1.89. The lowest BCUT2D eigenvalue weighted by atomic mass is 10.1. The predicted molar refractivity (Wildman–Crippen MR) is 112 cm³/mol. The van der Waals surface area contributed by atoms with Gasteiger partial charge < -0.3 is 25.0 Å². The number of fused-ring (bicyclic) bond motifs is 1. The number of hydrogen-bond donors (Lipinski definition) is 1. The topological polar surface area (TPSA) is 99.1 Å². The number of ether oxygens (including phenoxy) is 2. The normalized spacial score (nSPS) is 17.4. The molecule has 1 aromatic carbocycles. The molecule has 30 heavy (non-hydrogen) atoms. The molecule has 3 rings (SSSR count). The third kappa shape index (κ3) is 4.62. The van der Waals surface area contributed by atoms with Crippen LogP contribution in [0.25, 0.3) is 15.7 Å². The van der Waals surface area contributed by atoms with Crippen LogP contribution in [-0.2, 0) is 4.79 Å². The fourth-order valence-corrected chi connectivity index (χ4v) is 3.53. The second kappa shape index (κ2) is 8.99. The lowest BCUT2D eigenvalue weighted by molar-refractivity contribution is -0.133. The number of pyridine rings is 1. The van der Waals surface area contributed by atoms with Gasteiger partial charge in [-0.3, -0.25) is 14.6 Å². The van der Waals surface area contributed by atoms with Gasteiger partial charge in [-0.05, 0) is 44.9 Å². The van der Waals surface area contributed by atoms with E-state index in [0.29, 0.717) is 35.5 Å². The van der Waals surface area contributed by atoms with Gasteiger partial charge in [-0.15, -0.1) is 0 Å². The van der Waals surface area contributed by atoms with Crippen molar-refractivity contribution in [2.24, 2.45) is 5.73 Å². The average Bonchev–Trinajstić information content (AvgIpc) is 2.72. The maximum Gasteiger partial charge on any atom is 0.305 e. The average molecular weight is 410 g/mol. The molecule has 1 fully saturated rings. The zero-order chi connectivity index (χ0) is 21.8. The number of benzene rings is 1. The van der Waals surface area contributed by atoms with Crippen molar-refractivity contribution in [3.63, 3.8) is 0 Å². The fourth-order valence-electron chi connectivity index (χ4n) is 3.53. The number of nitrogens with zero attached hydrogens (tertiary/aromatic N) is 3. The van der Waals surface area contributed by atoms with E-state index in [1.165, 1.54) is 0 Å². The minimum atomic E-state index is -0.687. The van der Waals surface area contributed by atoms with Gasteiger partial charge in [0.05, 0.1) is 23.7 Å². The molecule has 1 aliphatic rings. The highest BCUT2D eigenvalue weighted by Crippen LogP contribution is 2.33. The van der Waals surface area contributed by atoms with Crippen LogP contribution in [-0.4, -0.2) is 53.0 Å². The smallest absolute Gasteiger partial charge is 0.305 e. The zero-order valence-corrected chi connectivity index (χ0v) is 17.4. The minimum absolute atomic E-state index is 0.135. The molecule has 8 heteroatoms.